The molecule has 0 aromatic heterocycles. The summed E-state index contributed by atoms with van der Waals surface area (Å²) in [5.74, 6) is 0. The highest BCUT2D eigenvalue weighted by atomic mass is 16.7. The molecule has 0 spiro atoms. The van der Waals surface area contributed by atoms with Gasteiger partial charge >= 0.3 is 0 Å². The van der Waals surface area contributed by atoms with E-state index in [1.54, 1.807) is 0 Å². The topological polar surface area (TPSA) is 42.5 Å². The first kappa shape index (κ1) is 15.4. The number of fused-ring (bicyclic) bond motifs is 1. The van der Waals surface area contributed by atoms with Crippen molar-refractivity contribution < 1.29 is 9.47 Å². The molecule has 1 aromatic carbocycles. The van der Waals surface area contributed by atoms with Crippen LogP contribution in [0.1, 0.15) is 37.4 Å². The fraction of sp³-hybridized carbons (Fsp3) is 0.625. The summed E-state index contributed by atoms with van der Waals surface area (Å²) in [4.78, 5) is 0. The molecular weight excluding hydrogens is 252 g/mol. The van der Waals surface area contributed by atoms with E-state index in [0.717, 1.165) is 26.1 Å². The Morgan fingerprint density at radius 2 is 2.00 bits per heavy atom. The van der Waals surface area contributed by atoms with E-state index in [0.29, 0.717) is 19.3 Å². The van der Waals surface area contributed by atoms with Crippen molar-refractivity contribution in [3.8, 4) is 0 Å². The van der Waals surface area contributed by atoms with E-state index in [1.165, 1.54) is 11.1 Å². The minimum atomic E-state index is -0.159. The zero-order valence-corrected chi connectivity index (χ0v) is 12.5. The minimum absolute atomic E-state index is 0.159. The van der Waals surface area contributed by atoms with Crippen molar-refractivity contribution in [1.29, 1.82) is 0 Å². The SMILES string of the molecule is CCOC(CNC1CCNCc2ccccc21)OCC. The van der Waals surface area contributed by atoms with Gasteiger partial charge in [0.1, 0.15) is 0 Å². The van der Waals surface area contributed by atoms with Crippen LogP contribution in [0.4, 0.5) is 0 Å². The summed E-state index contributed by atoms with van der Waals surface area (Å²) in [6, 6.07) is 9.00. The summed E-state index contributed by atoms with van der Waals surface area (Å²) in [6.45, 7) is 8.05. The van der Waals surface area contributed by atoms with E-state index in [1.807, 2.05) is 13.8 Å². The molecule has 2 rings (SSSR count). The summed E-state index contributed by atoms with van der Waals surface area (Å²) >= 11 is 0. The van der Waals surface area contributed by atoms with Gasteiger partial charge in [0.05, 0.1) is 0 Å². The fourth-order valence-electron chi connectivity index (χ4n) is 2.65. The lowest BCUT2D eigenvalue weighted by Gasteiger charge is -2.23. The summed E-state index contributed by atoms with van der Waals surface area (Å²) in [5.41, 5.74) is 2.77. The maximum absolute atomic E-state index is 5.59. The second-order valence-electron chi connectivity index (χ2n) is 4.97. The van der Waals surface area contributed by atoms with Crippen LogP contribution in [0.5, 0.6) is 0 Å². The summed E-state index contributed by atoms with van der Waals surface area (Å²) < 4.78 is 11.2. The summed E-state index contributed by atoms with van der Waals surface area (Å²) in [5, 5.41) is 7.07. The van der Waals surface area contributed by atoms with Gasteiger partial charge in [-0.25, -0.2) is 0 Å². The van der Waals surface area contributed by atoms with Crippen molar-refractivity contribution in [3.05, 3.63) is 35.4 Å². The van der Waals surface area contributed by atoms with Crippen molar-refractivity contribution in [3.63, 3.8) is 0 Å². The van der Waals surface area contributed by atoms with Crippen LogP contribution >= 0.6 is 0 Å². The second-order valence-corrected chi connectivity index (χ2v) is 4.97. The lowest BCUT2D eigenvalue weighted by atomic mass is 9.99. The standard InChI is InChI=1S/C16H26N2O2/c1-3-19-16(20-4-2)12-18-15-9-10-17-11-13-7-5-6-8-14(13)15/h5-8,15-18H,3-4,9-12H2,1-2H3. The molecule has 0 bridgehead atoms. The van der Waals surface area contributed by atoms with E-state index in [-0.39, 0.29) is 6.29 Å². The monoisotopic (exact) mass is 278 g/mol. The molecule has 112 valence electrons. The molecule has 0 saturated carbocycles. The highest BCUT2D eigenvalue weighted by Gasteiger charge is 2.19. The molecule has 1 aliphatic heterocycles. The molecule has 1 aromatic rings. The molecule has 20 heavy (non-hydrogen) atoms. The quantitative estimate of drug-likeness (QED) is 0.751. The van der Waals surface area contributed by atoms with E-state index < -0.39 is 0 Å². The van der Waals surface area contributed by atoms with E-state index in [9.17, 15) is 0 Å². The maximum Gasteiger partial charge on any atom is 0.169 e. The smallest absolute Gasteiger partial charge is 0.169 e. The molecule has 0 saturated heterocycles. The number of ether oxygens (including phenoxy) is 2. The van der Waals surface area contributed by atoms with Crippen LogP contribution in [0.15, 0.2) is 24.3 Å². The average molecular weight is 278 g/mol. The van der Waals surface area contributed by atoms with E-state index >= 15 is 0 Å². The highest BCUT2D eigenvalue weighted by Crippen LogP contribution is 2.23. The first-order chi connectivity index (χ1) is 9.85. The molecule has 2 N–H and O–H groups in total. The van der Waals surface area contributed by atoms with Crippen LogP contribution in [0.25, 0.3) is 0 Å². The molecule has 0 radical (unpaired) electrons. The van der Waals surface area contributed by atoms with Crippen molar-refractivity contribution in [2.24, 2.45) is 0 Å². The maximum atomic E-state index is 5.59. The Morgan fingerprint density at radius 3 is 2.75 bits per heavy atom. The molecular formula is C16H26N2O2. The van der Waals surface area contributed by atoms with Gasteiger partial charge in [0.25, 0.3) is 0 Å². The third kappa shape index (κ3) is 4.28. The molecule has 4 nitrogen and oxygen atoms in total. The second kappa shape index (κ2) is 8.37. The van der Waals surface area contributed by atoms with Gasteiger partial charge in [-0.3, -0.25) is 0 Å². The van der Waals surface area contributed by atoms with Crippen molar-refractivity contribution >= 4 is 0 Å². The van der Waals surface area contributed by atoms with Gasteiger partial charge in [0, 0.05) is 32.3 Å². The fourth-order valence-corrected chi connectivity index (χ4v) is 2.65. The van der Waals surface area contributed by atoms with Crippen LogP contribution in [-0.2, 0) is 16.0 Å². The van der Waals surface area contributed by atoms with Crippen LogP contribution in [0.2, 0.25) is 0 Å². The van der Waals surface area contributed by atoms with Crippen molar-refractivity contribution in [2.75, 3.05) is 26.3 Å². The zero-order chi connectivity index (χ0) is 14.2. The van der Waals surface area contributed by atoms with Gasteiger partial charge in [0.2, 0.25) is 0 Å². The van der Waals surface area contributed by atoms with Crippen LogP contribution < -0.4 is 10.6 Å². The van der Waals surface area contributed by atoms with Crippen LogP contribution in [0, 0.1) is 0 Å². The first-order valence-electron chi connectivity index (χ1n) is 7.60. The first-order valence-corrected chi connectivity index (χ1v) is 7.60. The minimum Gasteiger partial charge on any atom is -0.352 e. The van der Waals surface area contributed by atoms with E-state index in [2.05, 4.69) is 34.9 Å². The Bertz CT molecular complexity index is 392. The molecule has 4 heteroatoms. The lowest BCUT2D eigenvalue weighted by Crippen LogP contribution is -2.34. The van der Waals surface area contributed by atoms with Gasteiger partial charge < -0.3 is 20.1 Å². The predicted octanol–water partition coefficient (Wildman–Crippen LogP) is 2.21. The van der Waals surface area contributed by atoms with Crippen molar-refractivity contribution in [1.82, 2.24) is 10.6 Å². The highest BCUT2D eigenvalue weighted by molar-refractivity contribution is 5.30. The summed E-state index contributed by atoms with van der Waals surface area (Å²) in [6.07, 6.45) is 0.926. The third-order valence-corrected chi connectivity index (χ3v) is 3.59. The Labute approximate surface area is 121 Å². The Hall–Kier alpha value is -0.940. The number of hydrogen-bond acceptors (Lipinski definition) is 4. The number of nitrogens with one attached hydrogen (secondary N) is 2. The summed E-state index contributed by atoms with van der Waals surface area (Å²) in [7, 11) is 0. The van der Waals surface area contributed by atoms with Gasteiger partial charge in [-0.1, -0.05) is 24.3 Å². The number of hydrogen-bond donors (Lipinski definition) is 2. The normalized spacial score (nSPS) is 18.9. The van der Waals surface area contributed by atoms with Gasteiger partial charge in [-0.2, -0.15) is 0 Å². The van der Waals surface area contributed by atoms with E-state index in [4.69, 9.17) is 9.47 Å². The van der Waals surface area contributed by atoms with Crippen LogP contribution in [-0.4, -0.2) is 32.6 Å². The largest absolute Gasteiger partial charge is 0.352 e. The van der Waals surface area contributed by atoms with Gasteiger partial charge in [-0.05, 0) is 37.9 Å². The molecule has 1 aliphatic rings. The number of benzene rings is 1. The van der Waals surface area contributed by atoms with Crippen LogP contribution in [0.3, 0.4) is 0 Å². The molecule has 0 fully saturated rings. The van der Waals surface area contributed by atoms with Gasteiger partial charge in [0.15, 0.2) is 6.29 Å². The molecule has 0 amide bonds. The number of rotatable bonds is 7. The third-order valence-electron chi connectivity index (χ3n) is 3.59. The average Bonchev–Trinajstić information content (AvgIpc) is 2.67. The Morgan fingerprint density at radius 1 is 1.25 bits per heavy atom. The van der Waals surface area contributed by atoms with Gasteiger partial charge in [-0.15, -0.1) is 0 Å². The molecule has 1 heterocycles. The molecule has 1 atom stereocenters. The predicted molar refractivity (Wildman–Crippen MR) is 80.5 cm³/mol. The zero-order valence-electron chi connectivity index (χ0n) is 12.5. The lowest BCUT2D eigenvalue weighted by molar-refractivity contribution is -0.133. The molecule has 0 aliphatic carbocycles. The Kier molecular flexibility index (Phi) is 6.47. The van der Waals surface area contributed by atoms with Crippen molar-refractivity contribution in [2.45, 2.75) is 39.1 Å². The Balaban J connectivity index is 1.97. The molecule has 1 unspecified atom stereocenters.